The van der Waals surface area contributed by atoms with Gasteiger partial charge in [-0.15, -0.1) is 0 Å². The first-order chi connectivity index (χ1) is 7.00. The minimum absolute atomic E-state index is 1.14. The molecule has 0 bridgehead atoms. The molecule has 0 unspecified atom stereocenters. The molecule has 2 heterocycles. The SMILES string of the molecule is C1CNCCNC1.C1CSCCSC1. The second-order valence-electron chi connectivity index (χ2n) is 3.43. The summed E-state index contributed by atoms with van der Waals surface area (Å²) in [6.07, 6.45) is 2.70. The molecular formula is C10H22N2S2. The largest absolute Gasteiger partial charge is 0.315 e. The van der Waals surface area contributed by atoms with Crippen molar-refractivity contribution in [3.05, 3.63) is 0 Å². The Hall–Kier alpha value is 0.620. The van der Waals surface area contributed by atoms with Crippen LogP contribution in [0.2, 0.25) is 0 Å². The van der Waals surface area contributed by atoms with Gasteiger partial charge in [0.05, 0.1) is 0 Å². The Kier molecular flexibility index (Phi) is 9.20. The molecule has 2 saturated heterocycles. The van der Waals surface area contributed by atoms with Gasteiger partial charge in [0.15, 0.2) is 0 Å². The molecule has 84 valence electrons. The summed E-state index contributed by atoms with van der Waals surface area (Å²) in [5, 5.41) is 6.57. The van der Waals surface area contributed by atoms with Crippen molar-refractivity contribution < 1.29 is 0 Å². The maximum absolute atomic E-state index is 3.28. The van der Waals surface area contributed by atoms with Gasteiger partial charge in [-0.2, -0.15) is 23.5 Å². The second-order valence-corrected chi connectivity index (χ2v) is 5.88. The lowest BCUT2D eigenvalue weighted by molar-refractivity contribution is 0.718. The van der Waals surface area contributed by atoms with Crippen LogP contribution in [0.5, 0.6) is 0 Å². The van der Waals surface area contributed by atoms with Crippen LogP contribution in [-0.2, 0) is 0 Å². The van der Waals surface area contributed by atoms with Gasteiger partial charge >= 0.3 is 0 Å². The van der Waals surface area contributed by atoms with Gasteiger partial charge in [-0.3, -0.25) is 0 Å². The fraction of sp³-hybridized carbons (Fsp3) is 1.00. The van der Waals surface area contributed by atoms with Crippen molar-refractivity contribution in [1.29, 1.82) is 0 Å². The van der Waals surface area contributed by atoms with E-state index in [-0.39, 0.29) is 0 Å². The van der Waals surface area contributed by atoms with Crippen LogP contribution in [0.25, 0.3) is 0 Å². The van der Waals surface area contributed by atoms with E-state index in [1.807, 2.05) is 0 Å². The van der Waals surface area contributed by atoms with Crippen LogP contribution in [0.15, 0.2) is 0 Å². The summed E-state index contributed by atoms with van der Waals surface area (Å²) < 4.78 is 0. The molecule has 2 nitrogen and oxygen atoms in total. The maximum Gasteiger partial charge on any atom is 0.00767 e. The zero-order valence-corrected chi connectivity index (χ0v) is 10.5. The molecule has 4 heteroatoms. The van der Waals surface area contributed by atoms with Crippen molar-refractivity contribution in [1.82, 2.24) is 10.6 Å². The van der Waals surface area contributed by atoms with Crippen LogP contribution in [0, 0.1) is 0 Å². The molecule has 0 aromatic rings. The van der Waals surface area contributed by atoms with Crippen LogP contribution < -0.4 is 10.6 Å². The highest BCUT2D eigenvalue weighted by atomic mass is 32.2. The number of thioether (sulfide) groups is 2. The molecule has 2 rings (SSSR count). The summed E-state index contributed by atoms with van der Waals surface area (Å²) in [6, 6.07) is 0. The van der Waals surface area contributed by atoms with E-state index in [1.54, 1.807) is 0 Å². The fourth-order valence-electron chi connectivity index (χ4n) is 1.35. The van der Waals surface area contributed by atoms with E-state index in [2.05, 4.69) is 34.2 Å². The van der Waals surface area contributed by atoms with Crippen LogP contribution in [0.3, 0.4) is 0 Å². The van der Waals surface area contributed by atoms with E-state index < -0.39 is 0 Å². The third-order valence-corrected chi connectivity index (χ3v) is 4.53. The van der Waals surface area contributed by atoms with E-state index >= 15 is 0 Å². The molecule has 14 heavy (non-hydrogen) atoms. The van der Waals surface area contributed by atoms with Crippen molar-refractivity contribution in [2.45, 2.75) is 12.8 Å². The third kappa shape index (κ3) is 7.97. The van der Waals surface area contributed by atoms with Gasteiger partial charge in [0, 0.05) is 24.6 Å². The standard InChI is InChI=1S/C5H12N2.C5H10S2/c2*1-2-6-4-5-7-3-1/h6-7H,1-5H2;1-5H2. The molecule has 0 radical (unpaired) electrons. The second kappa shape index (κ2) is 10.1. The first-order valence-electron chi connectivity index (χ1n) is 5.57. The molecule has 0 aromatic heterocycles. The molecule has 0 saturated carbocycles. The quantitative estimate of drug-likeness (QED) is 0.662. The lowest BCUT2D eigenvalue weighted by atomic mass is 10.4. The zero-order chi connectivity index (χ0) is 9.90. The van der Waals surface area contributed by atoms with Gasteiger partial charge in [0.2, 0.25) is 0 Å². The van der Waals surface area contributed by atoms with E-state index in [4.69, 9.17) is 0 Å². The normalized spacial score (nSPS) is 24.0. The maximum atomic E-state index is 3.28. The van der Waals surface area contributed by atoms with Gasteiger partial charge < -0.3 is 10.6 Å². The predicted molar refractivity (Wildman–Crippen MR) is 69.6 cm³/mol. The van der Waals surface area contributed by atoms with Gasteiger partial charge in [0.1, 0.15) is 0 Å². The molecule has 0 amide bonds. The number of hydrogen-bond donors (Lipinski definition) is 2. The molecule has 0 aromatic carbocycles. The molecule has 2 aliphatic rings. The molecule has 2 aliphatic heterocycles. The first kappa shape index (κ1) is 12.7. The van der Waals surface area contributed by atoms with Gasteiger partial charge in [0.25, 0.3) is 0 Å². The molecule has 0 atom stereocenters. The molecule has 0 aliphatic carbocycles. The average Bonchev–Trinajstić information content (AvgIpc) is 2.68. The summed E-state index contributed by atoms with van der Waals surface area (Å²) in [6.45, 7) is 4.65. The first-order valence-corrected chi connectivity index (χ1v) is 7.88. The van der Waals surface area contributed by atoms with Crippen LogP contribution in [0.1, 0.15) is 12.8 Å². The molecular weight excluding hydrogens is 212 g/mol. The Balaban J connectivity index is 0.000000140. The van der Waals surface area contributed by atoms with Crippen molar-refractivity contribution in [2.24, 2.45) is 0 Å². The Morgan fingerprint density at radius 2 is 1.14 bits per heavy atom. The highest BCUT2D eigenvalue weighted by molar-refractivity contribution is 8.03. The molecule has 0 spiro atoms. The summed E-state index contributed by atoms with van der Waals surface area (Å²) in [5.74, 6) is 5.55. The van der Waals surface area contributed by atoms with Crippen molar-refractivity contribution in [3.63, 3.8) is 0 Å². The topological polar surface area (TPSA) is 24.1 Å². The summed E-state index contributed by atoms with van der Waals surface area (Å²) in [7, 11) is 0. The molecule has 2 fully saturated rings. The number of nitrogens with one attached hydrogen (secondary N) is 2. The van der Waals surface area contributed by atoms with Gasteiger partial charge in [-0.05, 0) is 37.4 Å². The van der Waals surface area contributed by atoms with E-state index in [9.17, 15) is 0 Å². The van der Waals surface area contributed by atoms with Crippen LogP contribution in [0.4, 0.5) is 0 Å². The van der Waals surface area contributed by atoms with Crippen LogP contribution >= 0.6 is 23.5 Å². The zero-order valence-electron chi connectivity index (χ0n) is 8.89. The van der Waals surface area contributed by atoms with Gasteiger partial charge in [-0.25, -0.2) is 0 Å². The van der Waals surface area contributed by atoms with Crippen molar-refractivity contribution in [2.75, 3.05) is 49.2 Å². The highest BCUT2D eigenvalue weighted by Crippen LogP contribution is 2.14. The summed E-state index contributed by atoms with van der Waals surface area (Å²) >= 11 is 4.19. The Bertz CT molecular complexity index is 69.4. The van der Waals surface area contributed by atoms with E-state index in [0.717, 1.165) is 13.1 Å². The third-order valence-electron chi connectivity index (χ3n) is 2.14. The van der Waals surface area contributed by atoms with E-state index in [0.29, 0.717) is 0 Å². The monoisotopic (exact) mass is 234 g/mol. The molecule has 2 N–H and O–H groups in total. The van der Waals surface area contributed by atoms with Crippen molar-refractivity contribution in [3.8, 4) is 0 Å². The number of rotatable bonds is 0. The Morgan fingerprint density at radius 1 is 0.571 bits per heavy atom. The lowest BCUT2D eigenvalue weighted by Gasteiger charge is -1.92. The predicted octanol–water partition coefficient (Wildman–Crippen LogP) is 1.43. The summed E-state index contributed by atoms with van der Waals surface area (Å²) in [4.78, 5) is 0. The van der Waals surface area contributed by atoms with Crippen molar-refractivity contribution >= 4 is 23.5 Å². The average molecular weight is 234 g/mol. The minimum Gasteiger partial charge on any atom is -0.315 e. The Morgan fingerprint density at radius 3 is 1.71 bits per heavy atom. The van der Waals surface area contributed by atoms with E-state index in [1.165, 1.54) is 48.9 Å². The highest BCUT2D eigenvalue weighted by Gasteiger charge is 1.95. The Labute approximate surface area is 96.4 Å². The lowest BCUT2D eigenvalue weighted by Crippen LogP contribution is -2.21. The fourth-order valence-corrected chi connectivity index (χ4v) is 3.58. The van der Waals surface area contributed by atoms with Gasteiger partial charge in [-0.1, -0.05) is 0 Å². The smallest absolute Gasteiger partial charge is 0.00767 e. The van der Waals surface area contributed by atoms with Crippen LogP contribution in [-0.4, -0.2) is 49.2 Å². The summed E-state index contributed by atoms with van der Waals surface area (Å²) in [5.41, 5.74) is 0. The number of hydrogen-bond acceptors (Lipinski definition) is 4. The minimum atomic E-state index is 1.14.